The summed E-state index contributed by atoms with van der Waals surface area (Å²) in [5.41, 5.74) is 7.65. The van der Waals surface area contributed by atoms with Gasteiger partial charge in [-0.1, -0.05) is 5.21 Å². The molecule has 146 valence electrons. The minimum absolute atomic E-state index is 0.138. The minimum atomic E-state index is -0.138. The van der Waals surface area contributed by atoms with Gasteiger partial charge in [0.15, 0.2) is 0 Å². The Morgan fingerprint density at radius 1 is 1.21 bits per heavy atom. The number of nitrogens with one attached hydrogen (secondary N) is 1. The summed E-state index contributed by atoms with van der Waals surface area (Å²) in [4.78, 5) is 23.3. The van der Waals surface area contributed by atoms with Crippen molar-refractivity contribution in [2.45, 2.75) is 20.4 Å². The Balaban J connectivity index is 1.87. The van der Waals surface area contributed by atoms with Crippen molar-refractivity contribution < 1.29 is 4.79 Å². The number of aromatic nitrogens is 5. The van der Waals surface area contributed by atoms with Crippen LogP contribution in [0, 0.1) is 0 Å². The summed E-state index contributed by atoms with van der Waals surface area (Å²) < 4.78 is 1.69. The maximum absolute atomic E-state index is 13.1. The van der Waals surface area contributed by atoms with Gasteiger partial charge in [0.1, 0.15) is 17.3 Å². The van der Waals surface area contributed by atoms with Crippen LogP contribution in [0.25, 0.3) is 11.3 Å². The Hall–Kier alpha value is -3.33. The normalized spacial score (nSPS) is 10.7. The number of nitrogens with two attached hydrogens (primary N) is 1. The van der Waals surface area contributed by atoms with Crippen molar-refractivity contribution in [3.8, 4) is 11.3 Å². The number of hydrogen-bond donors (Lipinski definition) is 2. The highest BCUT2D eigenvalue weighted by molar-refractivity contribution is 6.06. The van der Waals surface area contributed by atoms with Gasteiger partial charge in [0.2, 0.25) is 0 Å². The lowest BCUT2D eigenvalue weighted by atomic mass is 10.2. The summed E-state index contributed by atoms with van der Waals surface area (Å²) >= 11 is 0. The highest BCUT2D eigenvalue weighted by atomic mass is 16.2. The third kappa shape index (κ3) is 4.32. The van der Waals surface area contributed by atoms with Crippen LogP contribution in [0.2, 0.25) is 0 Å². The highest BCUT2D eigenvalue weighted by Gasteiger charge is 2.19. The van der Waals surface area contributed by atoms with Crippen molar-refractivity contribution in [1.29, 1.82) is 0 Å². The van der Waals surface area contributed by atoms with E-state index in [9.17, 15) is 4.79 Å². The molecule has 3 aromatic heterocycles. The maximum Gasteiger partial charge on any atom is 0.259 e. The molecule has 0 fully saturated rings. The second-order valence-corrected chi connectivity index (χ2v) is 6.07. The van der Waals surface area contributed by atoms with E-state index in [0.717, 1.165) is 12.1 Å². The van der Waals surface area contributed by atoms with Crippen molar-refractivity contribution in [2.75, 3.05) is 29.9 Å². The Labute approximate surface area is 163 Å². The lowest BCUT2D eigenvalue weighted by molar-refractivity contribution is 0.0987. The average molecular weight is 380 g/mol. The molecular formula is C19H24N8O. The zero-order valence-corrected chi connectivity index (χ0v) is 16.0. The Kier molecular flexibility index (Phi) is 6.28. The largest absolute Gasteiger partial charge is 0.370 e. The average Bonchev–Trinajstić information content (AvgIpc) is 3.18. The van der Waals surface area contributed by atoms with Gasteiger partial charge in [-0.3, -0.25) is 14.4 Å². The molecule has 3 aromatic rings. The van der Waals surface area contributed by atoms with Crippen LogP contribution in [0.4, 0.5) is 11.6 Å². The highest BCUT2D eigenvalue weighted by Crippen LogP contribution is 2.22. The van der Waals surface area contributed by atoms with Crippen LogP contribution in [-0.2, 0) is 6.54 Å². The lowest BCUT2D eigenvalue weighted by Crippen LogP contribution is -2.31. The van der Waals surface area contributed by atoms with Crippen LogP contribution in [0.15, 0.2) is 42.9 Å². The van der Waals surface area contributed by atoms with Crippen LogP contribution in [0.5, 0.6) is 0 Å². The van der Waals surface area contributed by atoms with Gasteiger partial charge in [0, 0.05) is 43.2 Å². The smallest absolute Gasteiger partial charge is 0.259 e. The van der Waals surface area contributed by atoms with E-state index in [1.165, 1.54) is 0 Å². The summed E-state index contributed by atoms with van der Waals surface area (Å²) in [6.07, 6.45) is 5.12. The minimum Gasteiger partial charge on any atom is -0.370 e. The third-order valence-corrected chi connectivity index (χ3v) is 4.14. The van der Waals surface area contributed by atoms with Gasteiger partial charge in [-0.15, -0.1) is 5.10 Å². The van der Waals surface area contributed by atoms with Crippen molar-refractivity contribution in [3.05, 3.63) is 48.4 Å². The summed E-state index contributed by atoms with van der Waals surface area (Å²) in [7, 11) is 0. The molecule has 9 nitrogen and oxygen atoms in total. The fourth-order valence-corrected chi connectivity index (χ4v) is 2.80. The van der Waals surface area contributed by atoms with E-state index >= 15 is 0 Å². The Morgan fingerprint density at radius 3 is 2.79 bits per heavy atom. The van der Waals surface area contributed by atoms with Crippen molar-refractivity contribution >= 4 is 17.5 Å². The number of pyridine rings is 2. The van der Waals surface area contributed by atoms with E-state index in [0.29, 0.717) is 42.5 Å². The van der Waals surface area contributed by atoms with E-state index in [1.807, 2.05) is 32.2 Å². The van der Waals surface area contributed by atoms with Gasteiger partial charge in [-0.2, -0.15) is 0 Å². The third-order valence-electron chi connectivity index (χ3n) is 4.14. The standard InChI is InChI=1S/C19H24N8O/c1-3-21-17-11-15(6-8-22-17)19(28)27(4-2)18-12-14(5-9-23-18)16-13-26(10-7-20)25-24-16/h5-6,8-9,11-13H,3-4,7,10,20H2,1-2H3,(H,21,22). The van der Waals surface area contributed by atoms with Gasteiger partial charge in [-0.25, -0.2) is 9.97 Å². The molecule has 1 amide bonds. The van der Waals surface area contributed by atoms with E-state index in [1.54, 1.807) is 34.1 Å². The number of amides is 1. The molecule has 3 N–H and O–H groups in total. The first kappa shape index (κ1) is 19.4. The molecule has 3 rings (SSSR count). The fourth-order valence-electron chi connectivity index (χ4n) is 2.80. The number of carbonyl (C=O) groups is 1. The molecule has 28 heavy (non-hydrogen) atoms. The molecule has 0 spiro atoms. The molecule has 0 aliphatic rings. The van der Waals surface area contributed by atoms with Crippen LogP contribution in [-0.4, -0.2) is 50.5 Å². The first-order valence-corrected chi connectivity index (χ1v) is 9.24. The van der Waals surface area contributed by atoms with Crippen LogP contribution < -0.4 is 16.0 Å². The van der Waals surface area contributed by atoms with E-state index in [2.05, 4.69) is 25.6 Å². The predicted octanol–water partition coefficient (Wildman–Crippen LogP) is 1.79. The first-order valence-electron chi connectivity index (χ1n) is 9.24. The van der Waals surface area contributed by atoms with Crippen molar-refractivity contribution in [3.63, 3.8) is 0 Å². The van der Waals surface area contributed by atoms with Gasteiger partial charge >= 0.3 is 0 Å². The molecule has 0 aromatic carbocycles. The predicted molar refractivity (Wildman–Crippen MR) is 108 cm³/mol. The summed E-state index contributed by atoms with van der Waals surface area (Å²) in [6, 6.07) is 7.13. The van der Waals surface area contributed by atoms with E-state index < -0.39 is 0 Å². The van der Waals surface area contributed by atoms with Crippen molar-refractivity contribution in [2.24, 2.45) is 5.73 Å². The molecule has 0 aliphatic carbocycles. The summed E-state index contributed by atoms with van der Waals surface area (Å²) in [6.45, 7) is 6.19. The Morgan fingerprint density at radius 2 is 2.04 bits per heavy atom. The van der Waals surface area contributed by atoms with Gasteiger partial charge < -0.3 is 11.1 Å². The fraction of sp³-hybridized carbons (Fsp3) is 0.316. The maximum atomic E-state index is 13.1. The van der Waals surface area contributed by atoms with Crippen LogP contribution in [0.1, 0.15) is 24.2 Å². The number of nitrogens with zero attached hydrogens (tertiary/aromatic N) is 6. The number of rotatable bonds is 8. The SMILES string of the molecule is CCNc1cc(C(=O)N(CC)c2cc(-c3cn(CCN)nn3)ccn2)ccn1. The van der Waals surface area contributed by atoms with E-state index in [-0.39, 0.29) is 5.91 Å². The summed E-state index contributed by atoms with van der Waals surface area (Å²) in [5, 5.41) is 11.4. The first-order chi connectivity index (χ1) is 13.7. The topological polar surface area (TPSA) is 115 Å². The molecule has 3 heterocycles. The van der Waals surface area contributed by atoms with Crippen LogP contribution in [0.3, 0.4) is 0 Å². The van der Waals surface area contributed by atoms with Gasteiger partial charge in [0.05, 0.1) is 12.7 Å². The molecule has 0 saturated heterocycles. The van der Waals surface area contributed by atoms with Crippen molar-refractivity contribution in [1.82, 2.24) is 25.0 Å². The lowest BCUT2D eigenvalue weighted by Gasteiger charge is -2.20. The Bertz CT molecular complexity index is 939. The van der Waals surface area contributed by atoms with Gasteiger partial charge in [0.25, 0.3) is 5.91 Å². The molecular weight excluding hydrogens is 356 g/mol. The molecule has 0 radical (unpaired) electrons. The molecule has 0 atom stereocenters. The molecule has 9 heteroatoms. The molecule has 0 saturated carbocycles. The second-order valence-electron chi connectivity index (χ2n) is 6.07. The molecule has 0 aliphatic heterocycles. The molecule has 0 bridgehead atoms. The van der Waals surface area contributed by atoms with Crippen LogP contribution >= 0.6 is 0 Å². The number of carbonyl (C=O) groups excluding carboxylic acids is 1. The van der Waals surface area contributed by atoms with E-state index in [4.69, 9.17) is 5.73 Å². The molecule has 0 unspecified atom stereocenters. The summed E-state index contributed by atoms with van der Waals surface area (Å²) in [5.74, 6) is 1.09. The zero-order valence-electron chi connectivity index (χ0n) is 16.0. The monoisotopic (exact) mass is 380 g/mol. The number of hydrogen-bond acceptors (Lipinski definition) is 7. The second kappa shape index (κ2) is 9.05. The zero-order chi connectivity index (χ0) is 19.9. The number of anilines is 2. The van der Waals surface area contributed by atoms with Gasteiger partial charge in [-0.05, 0) is 38.1 Å². The quantitative estimate of drug-likeness (QED) is 0.612.